The van der Waals surface area contributed by atoms with Crippen LogP contribution in [0.5, 0.6) is 5.75 Å². The van der Waals surface area contributed by atoms with Gasteiger partial charge in [-0.3, -0.25) is 14.9 Å². The van der Waals surface area contributed by atoms with Gasteiger partial charge >= 0.3 is 6.18 Å². The monoisotopic (exact) mass is 374 g/mol. The van der Waals surface area contributed by atoms with Crippen molar-refractivity contribution in [3.63, 3.8) is 0 Å². The van der Waals surface area contributed by atoms with Crippen LogP contribution in [0.25, 0.3) is 0 Å². The number of carbonyl (C=O) groups is 1. The lowest BCUT2D eigenvalue weighted by atomic mass is 10.1. The number of nitro groups is 1. The Kier molecular flexibility index (Phi) is 5.48. The Bertz CT molecular complexity index is 812. The van der Waals surface area contributed by atoms with Crippen LogP contribution in [0.2, 0.25) is 5.02 Å². The standard InChI is InChI=1S/C15H10ClF3N2O4/c16-11-3-1-2-4-12(11)20-14(22)8-25-13-6-5-9(21(23)24)7-10(13)15(17,18)19/h1-7H,8H2,(H,20,22). The number of rotatable bonds is 5. The number of amides is 1. The number of carbonyl (C=O) groups excluding carboxylic acids is 1. The Morgan fingerprint density at radius 3 is 2.52 bits per heavy atom. The van der Waals surface area contributed by atoms with Crippen molar-refractivity contribution < 1.29 is 27.6 Å². The molecule has 1 N–H and O–H groups in total. The molecule has 6 nitrogen and oxygen atoms in total. The second-order valence-corrected chi connectivity index (χ2v) is 5.16. The van der Waals surface area contributed by atoms with Crippen LogP contribution in [0.4, 0.5) is 24.5 Å². The highest BCUT2D eigenvalue weighted by Crippen LogP contribution is 2.38. The summed E-state index contributed by atoms with van der Waals surface area (Å²) in [6.45, 7) is -0.730. The topological polar surface area (TPSA) is 81.5 Å². The van der Waals surface area contributed by atoms with E-state index in [-0.39, 0.29) is 10.7 Å². The highest BCUT2D eigenvalue weighted by Gasteiger charge is 2.36. The molecule has 0 aliphatic carbocycles. The molecular formula is C15H10ClF3N2O4. The summed E-state index contributed by atoms with van der Waals surface area (Å²) in [6.07, 6.45) is -4.87. The molecule has 1 amide bonds. The minimum atomic E-state index is -4.87. The summed E-state index contributed by atoms with van der Waals surface area (Å²) in [6, 6.07) is 8.28. The van der Waals surface area contributed by atoms with Gasteiger partial charge in [0.15, 0.2) is 6.61 Å². The Labute approximate surface area is 144 Å². The van der Waals surface area contributed by atoms with Gasteiger partial charge in [-0.25, -0.2) is 0 Å². The lowest BCUT2D eigenvalue weighted by molar-refractivity contribution is -0.385. The van der Waals surface area contributed by atoms with Gasteiger partial charge in [0.05, 0.1) is 15.6 Å². The van der Waals surface area contributed by atoms with Gasteiger partial charge in [-0.15, -0.1) is 0 Å². The van der Waals surface area contributed by atoms with Gasteiger partial charge in [0.2, 0.25) is 0 Å². The Morgan fingerprint density at radius 2 is 1.92 bits per heavy atom. The Balaban J connectivity index is 2.13. The van der Waals surface area contributed by atoms with Crippen molar-refractivity contribution in [2.45, 2.75) is 6.18 Å². The number of para-hydroxylation sites is 1. The van der Waals surface area contributed by atoms with Crippen LogP contribution in [0.15, 0.2) is 42.5 Å². The lowest BCUT2D eigenvalue weighted by Gasteiger charge is -2.14. The number of nitrogens with zero attached hydrogens (tertiary/aromatic N) is 1. The first-order chi connectivity index (χ1) is 11.7. The third kappa shape index (κ3) is 4.83. The first-order valence-electron chi connectivity index (χ1n) is 6.71. The van der Waals surface area contributed by atoms with E-state index in [1.165, 1.54) is 12.1 Å². The van der Waals surface area contributed by atoms with Crippen molar-refractivity contribution in [2.24, 2.45) is 0 Å². The number of nitrogens with one attached hydrogen (secondary N) is 1. The van der Waals surface area contributed by atoms with Crippen molar-refractivity contribution in [1.29, 1.82) is 0 Å². The minimum Gasteiger partial charge on any atom is -0.483 e. The number of alkyl halides is 3. The lowest BCUT2D eigenvalue weighted by Crippen LogP contribution is -2.21. The van der Waals surface area contributed by atoms with Gasteiger partial charge in [0.1, 0.15) is 11.3 Å². The molecule has 0 aromatic heterocycles. The van der Waals surface area contributed by atoms with E-state index in [1.807, 2.05) is 0 Å². The molecule has 10 heteroatoms. The Morgan fingerprint density at radius 1 is 1.24 bits per heavy atom. The molecule has 0 saturated carbocycles. The number of non-ortho nitro benzene ring substituents is 1. The van der Waals surface area contributed by atoms with E-state index in [9.17, 15) is 28.1 Å². The molecule has 2 aromatic carbocycles. The maximum atomic E-state index is 13.0. The number of hydrogen-bond donors (Lipinski definition) is 1. The normalized spacial score (nSPS) is 11.0. The van der Waals surface area contributed by atoms with Gasteiger partial charge in [-0.2, -0.15) is 13.2 Å². The molecule has 0 aliphatic heterocycles. The van der Waals surface area contributed by atoms with Gasteiger partial charge in [-0.1, -0.05) is 23.7 Å². The quantitative estimate of drug-likeness (QED) is 0.625. The molecule has 0 atom stereocenters. The smallest absolute Gasteiger partial charge is 0.420 e. The Hall–Kier alpha value is -2.81. The molecule has 25 heavy (non-hydrogen) atoms. The highest BCUT2D eigenvalue weighted by atomic mass is 35.5. The van der Waals surface area contributed by atoms with E-state index in [1.54, 1.807) is 12.1 Å². The van der Waals surface area contributed by atoms with Gasteiger partial charge in [0, 0.05) is 12.1 Å². The number of hydrogen-bond acceptors (Lipinski definition) is 4. The number of ether oxygens (including phenoxy) is 1. The summed E-state index contributed by atoms with van der Waals surface area (Å²) in [5, 5.41) is 13.2. The summed E-state index contributed by atoms with van der Waals surface area (Å²) < 4.78 is 43.9. The number of nitro benzene ring substituents is 1. The van der Waals surface area contributed by atoms with Crippen molar-refractivity contribution in [3.8, 4) is 5.75 Å². The fourth-order valence-corrected chi connectivity index (χ4v) is 2.05. The summed E-state index contributed by atoms with van der Waals surface area (Å²) in [4.78, 5) is 21.4. The molecular weight excluding hydrogens is 365 g/mol. The second-order valence-electron chi connectivity index (χ2n) is 4.75. The van der Waals surface area contributed by atoms with Crippen LogP contribution >= 0.6 is 11.6 Å². The number of benzene rings is 2. The predicted molar refractivity (Wildman–Crippen MR) is 83.7 cm³/mol. The van der Waals surface area contributed by atoms with Crippen LogP contribution in [-0.4, -0.2) is 17.4 Å². The molecule has 0 bridgehead atoms. The fraction of sp³-hybridized carbons (Fsp3) is 0.133. The molecule has 132 valence electrons. The summed E-state index contributed by atoms with van der Waals surface area (Å²) in [7, 11) is 0. The fourth-order valence-electron chi connectivity index (χ4n) is 1.87. The molecule has 0 radical (unpaired) electrons. The van der Waals surface area contributed by atoms with Gasteiger partial charge in [0.25, 0.3) is 11.6 Å². The van der Waals surface area contributed by atoms with E-state index in [0.29, 0.717) is 6.07 Å². The van der Waals surface area contributed by atoms with Crippen molar-refractivity contribution in [1.82, 2.24) is 0 Å². The molecule has 0 saturated heterocycles. The second kappa shape index (κ2) is 7.39. The third-order valence-electron chi connectivity index (χ3n) is 2.99. The highest BCUT2D eigenvalue weighted by molar-refractivity contribution is 6.33. The number of anilines is 1. The van der Waals surface area contributed by atoms with E-state index in [0.717, 1.165) is 12.1 Å². The largest absolute Gasteiger partial charge is 0.483 e. The zero-order valence-electron chi connectivity index (χ0n) is 12.3. The first-order valence-corrected chi connectivity index (χ1v) is 7.09. The maximum absolute atomic E-state index is 13.0. The number of halogens is 4. The molecule has 2 rings (SSSR count). The van der Waals surface area contributed by atoms with Crippen molar-refractivity contribution in [2.75, 3.05) is 11.9 Å². The van der Waals surface area contributed by atoms with E-state index < -0.39 is 40.6 Å². The van der Waals surface area contributed by atoms with Crippen molar-refractivity contribution in [3.05, 3.63) is 63.2 Å². The molecule has 2 aromatic rings. The van der Waals surface area contributed by atoms with Crippen LogP contribution in [-0.2, 0) is 11.0 Å². The molecule has 0 fully saturated rings. The maximum Gasteiger partial charge on any atom is 0.420 e. The van der Waals surface area contributed by atoms with Crippen LogP contribution < -0.4 is 10.1 Å². The first kappa shape index (κ1) is 18.5. The van der Waals surface area contributed by atoms with E-state index >= 15 is 0 Å². The average Bonchev–Trinajstić information content (AvgIpc) is 2.54. The summed E-state index contributed by atoms with van der Waals surface area (Å²) in [5.41, 5.74) is -1.80. The third-order valence-corrected chi connectivity index (χ3v) is 3.32. The molecule has 0 heterocycles. The van der Waals surface area contributed by atoms with E-state index in [2.05, 4.69) is 5.32 Å². The van der Waals surface area contributed by atoms with Gasteiger partial charge < -0.3 is 10.1 Å². The van der Waals surface area contributed by atoms with Crippen LogP contribution in [0.1, 0.15) is 5.56 Å². The summed E-state index contributed by atoms with van der Waals surface area (Å²) >= 11 is 5.85. The SMILES string of the molecule is O=C(COc1ccc([N+](=O)[O-])cc1C(F)(F)F)Nc1ccccc1Cl. The zero-order chi connectivity index (χ0) is 18.6. The molecule has 0 aliphatic rings. The molecule has 0 spiro atoms. The minimum absolute atomic E-state index is 0.252. The van der Waals surface area contributed by atoms with Gasteiger partial charge in [-0.05, 0) is 18.2 Å². The van der Waals surface area contributed by atoms with Crippen molar-refractivity contribution >= 4 is 28.9 Å². The predicted octanol–water partition coefficient (Wildman–Crippen LogP) is 4.28. The average molecular weight is 375 g/mol. The van der Waals surface area contributed by atoms with Crippen LogP contribution in [0.3, 0.4) is 0 Å². The van der Waals surface area contributed by atoms with E-state index in [4.69, 9.17) is 16.3 Å². The van der Waals surface area contributed by atoms with Crippen LogP contribution in [0, 0.1) is 10.1 Å². The zero-order valence-corrected chi connectivity index (χ0v) is 13.1. The molecule has 0 unspecified atom stereocenters. The summed E-state index contributed by atoms with van der Waals surface area (Å²) in [5.74, 6) is -1.42.